The van der Waals surface area contributed by atoms with Gasteiger partial charge >= 0.3 is 11.9 Å². The van der Waals surface area contributed by atoms with Crippen LogP contribution in [0.2, 0.25) is 0 Å². The largest absolute Gasteiger partial charge is 0.465 e. The number of rotatable bonds is 4. The van der Waals surface area contributed by atoms with Crippen LogP contribution in [0.25, 0.3) is 19.5 Å². The number of hydrogen-bond acceptors (Lipinski definition) is 7. The maximum atomic E-state index is 11.8. The molecule has 0 saturated heterocycles. The number of carbonyl (C=O) groups is 2. The van der Waals surface area contributed by atoms with Crippen LogP contribution in [0, 0.1) is 0 Å². The summed E-state index contributed by atoms with van der Waals surface area (Å²) < 4.78 is 9.63. The molecule has 118 valence electrons. The Bertz CT molecular complexity index is 787. The molecule has 0 spiro atoms. The van der Waals surface area contributed by atoms with Crippen molar-refractivity contribution < 1.29 is 19.1 Å². The van der Waals surface area contributed by atoms with Crippen LogP contribution in [0.1, 0.15) is 20.7 Å². The smallest absolute Gasteiger partial charge is 0.339 e. The minimum absolute atomic E-state index is 0.345. The number of carbonyl (C=O) groups excluding carboxylic acids is 2. The molecule has 3 aromatic rings. The molecule has 3 aromatic heterocycles. The van der Waals surface area contributed by atoms with Crippen molar-refractivity contribution >= 4 is 45.9 Å². The van der Waals surface area contributed by atoms with E-state index in [0.29, 0.717) is 11.1 Å². The fourth-order valence-electron chi connectivity index (χ4n) is 2.12. The Hall–Kier alpha value is -1.96. The molecule has 0 fully saturated rings. The fourth-order valence-corrected chi connectivity index (χ4v) is 5.18. The summed E-state index contributed by atoms with van der Waals surface area (Å²) in [5, 5.41) is 3.73. The van der Waals surface area contributed by atoms with Gasteiger partial charge in [-0.3, -0.25) is 0 Å². The van der Waals surface area contributed by atoms with Crippen molar-refractivity contribution in [2.24, 2.45) is 0 Å². The summed E-state index contributed by atoms with van der Waals surface area (Å²) in [6.45, 7) is 0. The Balaban J connectivity index is 1.99. The van der Waals surface area contributed by atoms with Crippen LogP contribution in [0.15, 0.2) is 35.0 Å². The van der Waals surface area contributed by atoms with Crippen molar-refractivity contribution in [2.75, 3.05) is 14.2 Å². The van der Waals surface area contributed by atoms with E-state index in [1.54, 1.807) is 12.1 Å². The normalized spacial score (nSPS) is 10.5. The number of hydrogen-bond donors (Lipinski definition) is 0. The zero-order valence-corrected chi connectivity index (χ0v) is 14.8. The minimum atomic E-state index is -0.345. The zero-order valence-electron chi connectivity index (χ0n) is 12.3. The lowest BCUT2D eigenvalue weighted by atomic mass is 10.2. The van der Waals surface area contributed by atoms with Crippen LogP contribution in [0.4, 0.5) is 0 Å². The van der Waals surface area contributed by atoms with Crippen LogP contribution >= 0.6 is 34.0 Å². The highest BCUT2D eigenvalue weighted by molar-refractivity contribution is 7.26. The summed E-state index contributed by atoms with van der Waals surface area (Å²) in [4.78, 5) is 27.3. The third kappa shape index (κ3) is 2.95. The molecule has 0 unspecified atom stereocenters. The second kappa shape index (κ2) is 6.66. The summed E-state index contributed by atoms with van der Waals surface area (Å²) in [5.41, 5.74) is 1.12. The first-order valence-electron chi connectivity index (χ1n) is 6.58. The van der Waals surface area contributed by atoms with E-state index in [0.717, 1.165) is 19.5 Å². The quantitative estimate of drug-likeness (QED) is 0.625. The Kier molecular flexibility index (Phi) is 4.61. The molecule has 0 radical (unpaired) electrons. The molecule has 4 nitrogen and oxygen atoms in total. The first-order chi connectivity index (χ1) is 11.2. The Labute approximate surface area is 144 Å². The summed E-state index contributed by atoms with van der Waals surface area (Å²) in [6.07, 6.45) is 0. The molecule has 0 atom stereocenters. The predicted molar refractivity (Wildman–Crippen MR) is 93.6 cm³/mol. The molecule has 7 heteroatoms. The van der Waals surface area contributed by atoms with Crippen molar-refractivity contribution in [1.29, 1.82) is 0 Å². The third-order valence-corrected chi connectivity index (χ3v) is 6.47. The second-order valence-electron chi connectivity index (χ2n) is 4.47. The highest BCUT2D eigenvalue weighted by atomic mass is 32.1. The third-order valence-electron chi connectivity index (χ3n) is 3.19. The van der Waals surface area contributed by atoms with Gasteiger partial charge in [0.2, 0.25) is 0 Å². The van der Waals surface area contributed by atoms with Crippen LogP contribution < -0.4 is 0 Å². The highest BCUT2D eigenvalue weighted by Crippen LogP contribution is 2.41. The Morgan fingerprint density at radius 2 is 1.22 bits per heavy atom. The summed E-state index contributed by atoms with van der Waals surface area (Å²) >= 11 is 4.52. The first-order valence-corrected chi connectivity index (χ1v) is 9.15. The molecular weight excluding hydrogens is 352 g/mol. The van der Waals surface area contributed by atoms with Gasteiger partial charge in [0.1, 0.15) is 0 Å². The molecule has 0 aromatic carbocycles. The van der Waals surface area contributed by atoms with Crippen molar-refractivity contribution in [3.05, 3.63) is 46.2 Å². The van der Waals surface area contributed by atoms with E-state index in [1.165, 1.54) is 48.2 Å². The topological polar surface area (TPSA) is 52.6 Å². The van der Waals surface area contributed by atoms with Gasteiger partial charge < -0.3 is 9.47 Å². The molecule has 0 saturated carbocycles. The number of thiophene rings is 3. The van der Waals surface area contributed by atoms with E-state index in [4.69, 9.17) is 9.47 Å². The minimum Gasteiger partial charge on any atom is -0.465 e. The van der Waals surface area contributed by atoms with Crippen LogP contribution in [0.5, 0.6) is 0 Å². The molecule has 3 rings (SSSR count). The zero-order chi connectivity index (χ0) is 16.4. The molecular formula is C16H12O4S3. The van der Waals surface area contributed by atoms with E-state index in [1.807, 2.05) is 22.9 Å². The molecule has 3 heterocycles. The lowest BCUT2D eigenvalue weighted by molar-refractivity contribution is 0.0593. The monoisotopic (exact) mass is 364 g/mol. The molecule has 0 N–H and O–H groups in total. The van der Waals surface area contributed by atoms with Crippen LogP contribution in [-0.4, -0.2) is 26.2 Å². The van der Waals surface area contributed by atoms with Crippen molar-refractivity contribution in [1.82, 2.24) is 0 Å². The average molecular weight is 364 g/mol. The van der Waals surface area contributed by atoms with E-state index >= 15 is 0 Å². The lowest BCUT2D eigenvalue weighted by Gasteiger charge is -2.00. The van der Waals surface area contributed by atoms with Crippen molar-refractivity contribution in [3.63, 3.8) is 0 Å². The van der Waals surface area contributed by atoms with E-state index in [2.05, 4.69) is 0 Å². The lowest BCUT2D eigenvalue weighted by Crippen LogP contribution is -2.00. The van der Waals surface area contributed by atoms with Gasteiger partial charge in [0.15, 0.2) is 0 Å². The summed E-state index contributed by atoms with van der Waals surface area (Å²) in [5.74, 6) is -0.690. The van der Waals surface area contributed by atoms with Gasteiger partial charge in [-0.15, -0.1) is 34.0 Å². The molecule has 0 aliphatic rings. The molecule has 0 bridgehead atoms. The molecule has 23 heavy (non-hydrogen) atoms. The van der Waals surface area contributed by atoms with E-state index in [-0.39, 0.29) is 11.9 Å². The van der Waals surface area contributed by atoms with E-state index in [9.17, 15) is 9.59 Å². The van der Waals surface area contributed by atoms with Gasteiger partial charge in [0.05, 0.1) is 35.1 Å². The second-order valence-corrected chi connectivity index (χ2v) is 7.39. The standard InChI is InChI=1S/C16H12O4S3/c1-19-15(17)9-5-7-21-13(9)11-3-4-12(23-11)14-10(6-8-22-14)16(18)20-2/h3-8H,1-2H3. The summed E-state index contributed by atoms with van der Waals surface area (Å²) in [7, 11) is 2.75. The van der Waals surface area contributed by atoms with Crippen LogP contribution in [0.3, 0.4) is 0 Å². The predicted octanol–water partition coefficient (Wildman–Crippen LogP) is 4.78. The van der Waals surface area contributed by atoms with Crippen molar-refractivity contribution in [3.8, 4) is 19.5 Å². The van der Waals surface area contributed by atoms with Crippen molar-refractivity contribution in [2.45, 2.75) is 0 Å². The van der Waals surface area contributed by atoms with Gasteiger partial charge in [-0.05, 0) is 35.0 Å². The summed E-state index contributed by atoms with van der Waals surface area (Å²) in [6, 6.07) is 7.44. The Morgan fingerprint density at radius 3 is 1.61 bits per heavy atom. The molecule has 0 aliphatic carbocycles. The fraction of sp³-hybridized carbons (Fsp3) is 0.125. The van der Waals surface area contributed by atoms with Gasteiger partial charge in [-0.1, -0.05) is 0 Å². The molecule has 0 amide bonds. The van der Waals surface area contributed by atoms with Gasteiger partial charge in [-0.2, -0.15) is 0 Å². The average Bonchev–Trinajstić information content (AvgIpc) is 3.31. The van der Waals surface area contributed by atoms with Gasteiger partial charge in [-0.25, -0.2) is 9.59 Å². The maximum Gasteiger partial charge on any atom is 0.339 e. The van der Waals surface area contributed by atoms with Gasteiger partial charge in [0, 0.05) is 9.75 Å². The Morgan fingerprint density at radius 1 is 0.783 bits per heavy atom. The van der Waals surface area contributed by atoms with Crippen LogP contribution in [-0.2, 0) is 9.47 Å². The van der Waals surface area contributed by atoms with E-state index < -0.39 is 0 Å². The van der Waals surface area contributed by atoms with Gasteiger partial charge in [0.25, 0.3) is 0 Å². The SMILES string of the molecule is COC(=O)c1ccsc1-c1ccc(-c2sccc2C(=O)OC)s1. The number of esters is 2. The number of methoxy groups -OCH3 is 2. The highest BCUT2D eigenvalue weighted by Gasteiger charge is 2.19. The first kappa shape index (κ1) is 15.9. The molecule has 0 aliphatic heterocycles. The maximum absolute atomic E-state index is 11.8. The number of ether oxygens (including phenoxy) is 2.